The molecule has 0 radical (unpaired) electrons. The molecule has 0 saturated carbocycles. The highest BCUT2D eigenvalue weighted by molar-refractivity contribution is 6.33. The Kier molecular flexibility index (Phi) is 6.22. The average molecular weight is 402 g/mol. The van der Waals surface area contributed by atoms with Crippen molar-refractivity contribution in [3.8, 4) is 5.75 Å². The van der Waals surface area contributed by atoms with E-state index in [1.807, 2.05) is 48.5 Å². The molecule has 0 fully saturated rings. The number of anilines is 1. The fourth-order valence-corrected chi connectivity index (χ4v) is 2.78. The largest absolute Gasteiger partial charge is 0.489 e. The second-order valence-electron chi connectivity index (χ2n) is 5.91. The molecular formula is C21H17Cl2NO3. The SMILES string of the molecule is O=C(O)c1cc(NCc2ccc(OCc3ccc(Cl)cc3)cc2)ccc1Cl. The molecule has 4 nitrogen and oxygen atoms in total. The summed E-state index contributed by atoms with van der Waals surface area (Å²) in [6, 6.07) is 20.1. The van der Waals surface area contributed by atoms with Gasteiger partial charge in [-0.2, -0.15) is 0 Å². The standard InChI is InChI=1S/C21H17Cl2NO3/c22-16-5-1-15(2-6-16)13-27-18-8-3-14(4-9-18)12-24-17-7-10-20(23)19(11-17)21(25)26/h1-11,24H,12-13H2,(H,25,26). The monoisotopic (exact) mass is 401 g/mol. The molecule has 3 aromatic rings. The first-order valence-corrected chi connectivity index (χ1v) is 9.00. The summed E-state index contributed by atoms with van der Waals surface area (Å²) in [4.78, 5) is 11.1. The molecule has 0 atom stereocenters. The van der Waals surface area contributed by atoms with E-state index >= 15 is 0 Å². The lowest BCUT2D eigenvalue weighted by Gasteiger charge is -2.10. The molecule has 0 amide bonds. The molecule has 0 aliphatic heterocycles. The van der Waals surface area contributed by atoms with Crippen LogP contribution in [0.4, 0.5) is 5.69 Å². The molecular weight excluding hydrogens is 385 g/mol. The van der Waals surface area contributed by atoms with Crippen LogP contribution < -0.4 is 10.1 Å². The number of nitrogens with one attached hydrogen (secondary N) is 1. The Bertz CT molecular complexity index is 925. The van der Waals surface area contributed by atoms with Crippen LogP contribution in [0, 0.1) is 0 Å². The molecule has 0 aliphatic carbocycles. The molecule has 0 heterocycles. The van der Waals surface area contributed by atoms with Crippen molar-refractivity contribution in [2.75, 3.05) is 5.32 Å². The Labute approximate surface area is 167 Å². The molecule has 0 bridgehead atoms. The summed E-state index contributed by atoms with van der Waals surface area (Å²) in [6.45, 7) is 1.02. The zero-order valence-corrected chi connectivity index (χ0v) is 15.8. The van der Waals surface area contributed by atoms with Crippen LogP contribution in [0.5, 0.6) is 5.75 Å². The Hall–Kier alpha value is -2.69. The van der Waals surface area contributed by atoms with Crippen molar-refractivity contribution < 1.29 is 14.6 Å². The van der Waals surface area contributed by atoms with Gasteiger partial charge in [-0.25, -0.2) is 4.79 Å². The van der Waals surface area contributed by atoms with Crippen molar-refractivity contribution in [1.29, 1.82) is 0 Å². The summed E-state index contributed by atoms with van der Waals surface area (Å²) >= 11 is 11.7. The zero-order chi connectivity index (χ0) is 19.2. The maximum atomic E-state index is 11.1. The van der Waals surface area contributed by atoms with E-state index in [1.54, 1.807) is 12.1 Å². The minimum Gasteiger partial charge on any atom is -0.489 e. The second kappa shape index (κ2) is 8.80. The van der Waals surface area contributed by atoms with Gasteiger partial charge in [-0.1, -0.05) is 47.5 Å². The van der Waals surface area contributed by atoms with Gasteiger partial charge in [0.15, 0.2) is 0 Å². The van der Waals surface area contributed by atoms with Gasteiger partial charge >= 0.3 is 5.97 Å². The zero-order valence-electron chi connectivity index (χ0n) is 14.3. The van der Waals surface area contributed by atoms with E-state index in [0.29, 0.717) is 23.9 Å². The van der Waals surface area contributed by atoms with Crippen molar-refractivity contribution >= 4 is 34.9 Å². The van der Waals surface area contributed by atoms with Crippen molar-refractivity contribution in [2.45, 2.75) is 13.2 Å². The van der Waals surface area contributed by atoms with Crippen molar-refractivity contribution in [3.63, 3.8) is 0 Å². The lowest BCUT2D eigenvalue weighted by Crippen LogP contribution is -2.03. The maximum Gasteiger partial charge on any atom is 0.337 e. The molecule has 0 aromatic heterocycles. The number of carbonyl (C=O) groups is 1. The summed E-state index contributed by atoms with van der Waals surface area (Å²) in [5, 5.41) is 13.2. The van der Waals surface area contributed by atoms with Gasteiger partial charge in [0.05, 0.1) is 10.6 Å². The normalized spacial score (nSPS) is 10.4. The number of aromatic carboxylic acids is 1. The lowest BCUT2D eigenvalue weighted by molar-refractivity contribution is 0.0697. The van der Waals surface area contributed by atoms with Crippen LogP contribution in [0.2, 0.25) is 10.0 Å². The van der Waals surface area contributed by atoms with Gasteiger partial charge < -0.3 is 15.2 Å². The number of carboxylic acids is 1. The number of halogens is 2. The highest BCUT2D eigenvalue weighted by Crippen LogP contribution is 2.22. The number of ether oxygens (including phenoxy) is 1. The summed E-state index contributed by atoms with van der Waals surface area (Å²) in [6.07, 6.45) is 0. The van der Waals surface area contributed by atoms with Crippen molar-refractivity contribution in [3.05, 3.63) is 93.5 Å². The third kappa shape index (κ3) is 5.39. The van der Waals surface area contributed by atoms with E-state index in [-0.39, 0.29) is 10.6 Å². The van der Waals surface area contributed by atoms with Crippen LogP contribution in [0.15, 0.2) is 66.7 Å². The molecule has 138 valence electrons. The van der Waals surface area contributed by atoms with Crippen LogP contribution in [-0.2, 0) is 13.2 Å². The maximum absolute atomic E-state index is 11.1. The molecule has 0 aliphatic rings. The fraction of sp³-hybridized carbons (Fsp3) is 0.0952. The second-order valence-corrected chi connectivity index (χ2v) is 6.76. The van der Waals surface area contributed by atoms with Crippen LogP contribution in [0.3, 0.4) is 0 Å². The Balaban J connectivity index is 1.55. The van der Waals surface area contributed by atoms with Gasteiger partial charge in [-0.3, -0.25) is 0 Å². The minimum absolute atomic E-state index is 0.0765. The predicted octanol–water partition coefficient (Wildman–Crippen LogP) is 5.88. The van der Waals surface area contributed by atoms with Crippen molar-refractivity contribution in [1.82, 2.24) is 0 Å². The summed E-state index contributed by atoms with van der Waals surface area (Å²) in [7, 11) is 0. The van der Waals surface area contributed by atoms with Gasteiger partial charge in [-0.05, 0) is 53.6 Å². The third-order valence-electron chi connectivity index (χ3n) is 3.94. The number of hydrogen-bond donors (Lipinski definition) is 2. The highest BCUT2D eigenvalue weighted by atomic mass is 35.5. The van der Waals surface area contributed by atoms with Crippen LogP contribution in [0.1, 0.15) is 21.5 Å². The molecule has 27 heavy (non-hydrogen) atoms. The molecule has 2 N–H and O–H groups in total. The van der Waals surface area contributed by atoms with E-state index in [9.17, 15) is 4.79 Å². The topological polar surface area (TPSA) is 58.6 Å². The Morgan fingerprint density at radius 2 is 1.59 bits per heavy atom. The molecule has 3 rings (SSSR count). The summed E-state index contributed by atoms with van der Waals surface area (Å²) in [5.74, 6) is -0.279. The van der Waals surface area contributed by atoms with Crippen LogP contribution in [0.25, 0.3) is 0 Å². The quantitative estimate of drug-likeness (QED) is 0.518. The fourth-order valence-electron chi connectivity index (χ4n) is 2.45. The Morgan fingerprint density at radius 1 is 0.926 bits per heavy atom. The van der Waals surface area contributed by atoms with E-state index in [4.69, 9.17) is 33.0 Å². The number of carboxylic acid groups (broad SMARTS) is 1. The summed E-state index contributed by atoms with van der Waals surface area (Å²) < 4.78 is 5.76. The first-order chi connectivity index (χ1) is 13.0. The smallest absolute Gasteiger partial charge is 0.337 e. The lowest BCUT2D eigenvalue weighted by atomic mass is 10.1. The molecule has 0 unspecified atom stereocenters. The number of benzene rings is 3. The average Bonchev–Trinajstić information content (AvgIpc) is 2.67. The van der Waals surface area contributed by atoms with E-state index in [2.05, 4.69) is 5.32 Å². The van der Waals surface area contributed by atoms with Crippen LogP contribution >= 0.6 is 23.2 Å². The number of hydrogen-bond acceptors (Lipinski definition) is 3. The Morgan fingerprint density at radius 3 is 2.26 bits per heavy atom. The molecule has 0 spiro atoms. The molecule has 3 aromatic carbocycles. The van der Waals surface area contributed by atoms with Gasteiger partial charge in [-0.15, -0.1) is 0 Å². The van der Waals surface area contributed by atoms with Crippen LogP contribution in [-0.4, -0.2) is 11.1 Å². The molecule has 6 heteroatoms. The van der Waals surface area contributed by atoms with Gasteiger partial charge in [0.2, 0.25) is 0 Å². The summed E-state index contributed by atoms with van der Waals surface area (Å²) in [5.41, 5.74) is 2.86. The predicted molar refractivity (Wildman–Crippen MR) is 108 cm³/mol. The van der Waals surface area contributed by atoms with E-state index in [1.165, 1.54) is 6.07 Å². The first kappa shape index (κ1) is 19.1. The van der Waals surface area contributed by atoms with Gasteiger partial charge in [0, 0.05) is 17.3 Å². The number of rotatable bonds is 7. The van der Waals surface area contributed by atoms with E-state index < -0.39 is 5.97 Å². The minimum atomic E-state index is -1.05. The van der Waals surface area contributed by atoms with Gasteiger partial charge in [0.25, 0.3) is 0 Å². The molecule has 0 saturated heterocycles. The first-order valence-electron chi connectivity index (χ1n) is 8.24. The highest BCUT2D eigenvalue weighted by Gasteiger charge is 2.09. The third-order valence-corrected chi connectivity index (χ3v) is 4.52. The van der Waals surface area contributed by atoms with Gasteiger partial charge in [0.1, 0.15) is 12.4 Å². The van der Waals surface area contributed by atoms with Crippen molar-refractivity contribution in [2.24, 2.45) is 0 Å². The van der Waals surface area contributed by atoms with E-state index in [0.717, 1.165) is 16.9 Å².